The van der Waals surface area contributed by atoms with Gasteiger partial charge in [-0.1, -0.05) is 54.6 Å². The molecule has 0 fully saturated rings. The number of para-hydroxylation sites is 2. The number of rotatable bonds is 37. The van der Waals surface area contributed by atoms with Crippen LogP contribution in [0.2, 0.25) is 0 Å². The molecule has 2 heterocycles. The third-order valence-corrected chi connectivity index (χ3v) is 11.7. The minimum absolute atomic E-state index is 0. The summed E-state index contributed by atoms with van der Waals surface area (Å²) in [6.07, 6.45) is 4.51. The maximum atomic E-state index is 12.7. The van der Waals surface area contributed by atoms with Crippen molar-refractivity contribution in [2.24, 2.45) is 0 Å². The number of aliphatic hydroxyl groups excluding tert-OH is 1. The van der Waals surface area contributed by atoms with E-state index >= 15 is 0 Å². The van der Waals surface area contributed by atoms with Gasteiger partial charge in [0.1, 0.15) is 21.8 Å². The van der Waals surface area contributed by atoms with Crippen LogP contribution in [0.3, 0.4) is 0 Å². The zero-order chi connectivity index (χ0) is 55.5. The van der Waals surface area contributed by atoms with Crippen molar-refractivity contribution in [3.63, 3.8) is 0 Å². The van der Waals surface area contributed by atoms with Gasteiger partial charge in [-0.15, -0.1) is 48.5 Å². The van der Waals surface area contributed by atoms with Crippen LogP contribution in [0.1, 0.15) is 40.3 Å². The molecule has 0 spiro atoms. The fourth-order valence-electron chi connectivity index (χ4n) is 7.11. The Labute approximate surface area is 514 Å². The second kappa shape index (κ2) is 41.1. The van der Waals surface area contributed by atoms with Gasteiger partial charge in [0.05, 0.1) is 31.3 Å². The van der Waals surface area contributed by atoms with Crippen LogP contribution in [-0.4, -0.2) is 173 Å². The molecule has 420 valence electrons. The Morgan fingerprint density at radius 2 is 1.05 bits per heavy atom. The number of nitrogens with one attached hydrogen (secondary N) is 9. The maximum absolute atomic E-state index is 12.7. The van der Waals surface area contributed by atoms with E-state index in [1.54, 1.807) is 24.3 Å². The zero-order valence-corrected chi connectivity index (χ0v) is 51.2. The van der Waals surface area contributed by atoms with Crippen LogP contribution in [-0.2, 0) is 43.0 Å². The summed E-state index contributed by atoms with van der Waals surface area (Å²) < 4.78 is 74.2. The molecular formula is C52H69N15Na2O9S2. The summed E-state index contributed by atoms with van der Waals surface area (Å²) in [5, 5.41) is 38.6. The van der Waals surface area contributed by atoms with E-state index in [0.717, 1.165) is 69.3 Å². The van der Waals surface area contributed by atoms with Gasteiger partial charge in [0.2, 0.25) is 23.8 Å². The van der Waals surface area contributed by atoms with Gasteiger partial charge in [-0.3, -0.25) is 0 Å². The Balaban J connectivity index is 0.00000271. The van der Waals surface area contributed by atoms with Crippen molar-refractivity contribution in [2.75, 3.05) is 133 Å². The molecule has 0 amide bonds. The van der Waals surface area contributed by atoms with Crippen LogP contribution < -0.4 is 107 Å². The second-order valence-corrected chi connectivity index (χ2v) is 18.7. The fraction of sp³-hybridized carbons (Fsp3) is 0.385. The van der Waals surface area contributed by atoms with Gasteiger partial charge < -0.3 is 67.0 Å². The van der Waals surface area contributed by atoms with Crippen LogP contribution in [0.5, 0.6) is 0 Å². The SMILES string of the molecule is CNCCNCCNCCNCCNCCNc1nc(Cc2ccc(/C=C/c3[c-]cc(Cc4nc(NCCCOCCOCCO)nc(Nc5ccccc5)n4)cc3)c(S(=O)(=O)[O-])c2)nc(Nc2ccccc2)n1.O=S(=O)=O.[Na+].[Na+]. The van der Waals surface area contributed by atoms with E-state index in [0.29, 0.717) is 98.9 Å². The number of nitrogens with zero attached hydrogens (tertiary/aromatic N) is 6. The number of anilines is 6. The number of hydrogen-bond acceptors (Lipinski definition) is 24. The Morgan fingerprint density at radius 1 is 0.575 bits per heavy atom. The summed E-state index contributed by atoms with van der Waals surface area (Å²) in [6, 6.07) is 32.7. The Morgan fingerprint density at radius 3 is 1.55 bits per heavy atom. The number of hydrogen-bond donors (Lipinski definition) is 10. The Hall–Kier alpha value is -4.95. The molecule has 0 saturated carbocycles. The van der Waals surface area contributed by atoms with Crippen molar-refractivity contribution in [1.29, 1.82) is 0 Å². The molecule has 0 saturated heterocycles. The number of ether oxygens (including phenoxy) is 2. The first-order chi connectivity index (χ1) is 38.0. The molecular weight excluding hydrogens is 1090 g/mol. The Kier molecular flexibility index (Phi) is 35.6. The van der Waals surface area contributed by atoms with Crippen molar-refractivity contribution in [1.82, 2.24) is 56.5 Å². The first-order valence-corrected chi connectivity index (χ1v) is 27.8. The van der Waals surface area contributed by atoms with Crippen LogP contribution in [0, 0.1) is 6.07 Å². The molecule has 0 radical (unpaired) electrons. The molecule has 80 heavy (non-hydrogen) atoms. The molecule has 28 heteroatoms. The van der Waals surface area contributed by atoms with Gasteiger partial charge in [-0.05, 0) is 61.3 Å². The number of likely N-dealkylation sites (N-methyl/N-ethyl adjacent to an activating group) is 1. The molecule has 6 aromatic rings. The fourth-order valence-corrected chi connectivity index (χ4v) is 7.83. The normalized spacial score (nSPS) is 11.0. The largest absolute Gasteiger partial charge is 1.00 e. The predicted molar refractivity (Wildman–Crippen MR) is 299 cm³/mol. The first-order valence-electron chi connectivity index (χ1n) is 25.4. The average Bonchev–Trinajstić information content (AvgIpc) is 3.42. The summed E-state index contributed by atoms with van der Waals surface area (Å²) in [5.41, 5.74) is 3.92. The van der Waals surface area contributed by atoms with E-state index in [1.807, 2.05) is 85.9 Å². The van der Waals surface area contributed by atoms with Gasteiger partial charge in [-0.2, -0.15) is 35.5 Å². The van der Waals surface area contributed by atoms with Crippen molar-refractivity contribution < 1.29 is 99.3 Å². The number of benzene rings is 4. The van der Waals surface area contributed by atoms with Gasteiger partial charge in [0.15, 0.2) is 0 Å². The monoisotopic (exact) mass is 1160 g/mol. The van der Waals surface area contributed by atoms with Gasteiger partial charge >= 0.3 is 69.7 Å². The molecule has 2 aromatic heterocycles. The molecule has 24 nitrogen and oxygen atoms in total. The average molecular weight is 1160 g/mol. The molecule has 0 bridgehead atoms. The van der Waals surface area contributed by atoms with E-state index in [9.17, 15) is 13.0 Å². The van der Waals surface area contributed by atoms with Crippen LogP contribution in [0.15, 0.2) is 102 Å². The standard InChI is InChI=1S/C52H70N15O6S.2Na.O3S/c1-53-22-23-54-24-25-55-26-27-56-28-29-57-30-31-59-50-63-48(65-52(67-50)61-45-11-6-3-7-12-45)39-42-18-20-43(46(37-42)74(69,70)71)19-17-40-13-15-41(16-14-40)38-47-62-49(58-21-8-33-72-35-36-73-34-32-68)66-51(64-47)60-44-9-4-2-5-10-44;;;1-4(2)3/h2-7,9-13,15-20,37,53-57,68H,8,21-36,38-39H2,1H3,(H,69,70,71)(H2,58,60,62,64,66)(H2,59,61,63,65,67);;;/q-1;2*+1;/p-1/b19-17+;;;. The molecule has 10 N–H and O–H groups in total. The van der Waals surface area contributed by atoms with Crippen molar-refractivity contribution in [2.45, 2.75) is 24.2 Å². The van der Waals surface area contributed by atoms with E-state index < -0.39 is 20.7 Å². The van der Waals surface area contributed by atoms with Gasteiger partial charge in [-0.25, -0.2) is 8.42 Å². The molecule has 0 unspecified atom stereocenters. The van der Waals surface area contributed by atoms with Gasteiger partial charge in [0.25, 0.3) is 0 Å². The predicted octanol–water partition coefficient (Wildman–Crippen LogP) is -3.58. The van der Waals surface area contributed by atoms with Crippen LogP contribution >= 0.6 is 0 Å². The topological polar surface area (TPSA) is 333 Å². The molecule has 0 aliphatic heterocycles. The quantitative estimate of drug-likeness (QED) is 0.00593. The van der Waals surface area contributed by atoms with E-state index in [-0.39, 0.29) is 89.2 Å². The van der Waals surface area contributed by atoms with E-state index in [2.05, 4.69) is 83.8 Å². The second-order valence-electron chi connectivity index (χ2n) is 16.9. The Bertz CT molecular complexity index is 2930. The smallest absolute Gasteiger partial charge is 0.744 e. The number of aromatic nitrogens is 6. The summed E-state index contributed by atoms with van der Waals surface area (Å²) in [7, 11) is -6.05. The molecule has 6 rings (SSSR count). The summed E-state index contributed by atoms with van der Waals surface area (Å²) >= 11 is 0. The van der Waals surface area contributed by atoms with Crippen LogP contribution in [0.25, 0.3) is 12.2 Å². The molecule has 4 aromatic carbocycles. The van der Waals surface area contributed by atoms with Crippen LogP contribution in [0.4, 0.5) is 35.2 Å². The third-order valence-electron chi connectivity index (χ3n) is 10.8. The minimum Gasteiger partial charge on any atom is -0.744 e. The summed E-state index contributed by atoms with van der Waals surface area (Å²) in [4.78, 5) is 27.4. The maximum Gasteiger partial charge on any atom is 1.00 e. The third kappa shape index (κ3) is 29.7. The minimum atomic E-state index is -4.88. The zero-order valence-electron chi connectivity index (χ0n) is 45.5. The van der Waals surface area contributed by atoms with Crippen molar-refractivity contribution in [3.8, 4) is 0 Å². The van der Waals surface area contributed by atoms with Gasteiger partial charge in [0, 0.05) is 96.4 Å². The molecule has 0 aliphatic rings. The van der Waals surface area contributed by atoms with Crippen molar-refractivity contribution >= 4 is 68.0 Å². The summed E-state index contributed by atoms with van der Waals surface area (Å²) in [5.74, 6) is 2.37. The van der Waals surface area contributed by atoms with Crippen molar-refractivity contribution in [3.05, 3.63) is 137 Å². The first kappa shape index (κ1) is 69.3. The van der Waals surface area contributed by atoms with E-state index in [1.165, 1.54) is 6.07 Å². The summed E-state index contributed by atoms with van der Waals surface area (Å²) in [6.45, 7) is 10.6. The van der Waals surface area contributed by atoms with E-state index in [4.69, 9.17) is 27.2 Å². The molecule has 0 aliphatic carbocycles. The molecule has 0 atom stereocenters. The number of aliphatic hydroxyl groups is 1.